The Kier molecular flexibility index (Phi) is 8.55. The number of ketones is 1. The fourth-order valence-electron chi connectivity index (χ4n) is 4.73. The Morgan fingerprint density at radius 1 is 0.875 bits per heavy atom. The molecule has 0 unspecified atom stereocenters. The number of nitrogens with two attached hydrogens (primary N) is 1. The largest absolute Gasteiger partial charge is 0.346 e. The fraction of sp³-hybridized carbons (Fsp3) is 0.467. The van der Waals surface area contributed by atoms with Crippen molar-refractivity contribution in [2.45, 2.75) is 66.5 Å². The number of amides is 3. The summed E-state index contributed by atoms with van der Waals surface area (Å²) in [6.45, 7) is 13.2. The zero-order valence-corrected chi connectivity index (χ0v) is 24.1. The second-order valence-corrected chi connectivity index (χ2v) is 12.8. The molecule has 0 aliphatic carbocycles. The summed E-state index contributed by atoms with van der Waals surface area (Å²) in [5, 5.41) is 2.44. The molecule has 0 saturated heterocycles. The van der Waals surface area contributed by atoms with Crippen LogP contribution in [-0.4, -0.2) is 48.2 Å². The Morgan fingerprint density at radius 3 is 1.70 bits per heavy atom. The van der Waals surface area contributed by atoms with Crippen LogP contribution >= 0.6 is 0 Å². The van der Waals surface area contributed by atoms with Crippen LogP contribution in [0.5, 0.6) is 0 Å². The number of hydrogen-bond acceptors (Lipinski definition) is 5. The number of nitrogens with zero attached hydrogens (tertiary/aromatic N) is 2. The molecular weight excluding hydrogens is 518 g/mol. The third-order valence-electron chi connectivity index (χ3n) is 6.34. The topological polar surface area (TPSA) is 113 Å². The lowest BCUT2D eigenvalue weighted by molar-refractivity contribution is -0.143. The lowest BCUT2D eigenvalue weighted by atomic mass is 9.86. The molecule has 0 bridgehead atoms. The van der Waals surface area contributed by atoms with Crippen molar-refractivity contribution in [2.24, 2.45) is 16.6 Å². The van der Waals surface area contributed by atoms with Gasteiger partial charge in [0.05, 0.1) is 23.8 Å². The molecule has 216 valence electrons. The average Bonchev–Trinajstić information content (AvgIpc) is 2.87. The van der Waals surface area contributed by atoms with Crippen LogP contribution in [0.4, 0.5) is 20.2 Å². The smallest absolute Gasteiger partial charge is 0.264 e. The van der Waals surface area contributed by atoms with Gasteiger partial charge in [0.15, 0.2) is 5.78 Å². The first-order valence-electron chi connectivity index (χ1n) is 13.1. The highest BCUT2D eigenvalue weighted by Gasteiger charge is 2.57. The Hall–Kier alpha value is -3.66. The Bertz CT molecular complexity index is 1250. The number of carbonyl (C=O) groups is 4. The van der Waals surface area contributed by atoms with Gasteiger partial charge in [-0.25, -0.2) is 8.78 Å². The molecule has 8 nitrogen and oxygen atoms in total. The maximum absolute atomic E-state index is 14.2. The number of anilines is 2. The lowest BCUT2D eigenvalue weighted by Crippen LogP contribution is -2.71. The van der Waals surface area contributed by atoms with E-state index in [-0.39, 0.29) is 18.7 Å². The zero-order chi connectivity index (χ0) is 30.2. The summed E-state index contributed by atoms with van der Waals surface area (Å²) >= 11 is 0. The molecule has 3 N–H and O–H groups in total. The highest BCUT2D eigenvalue weighted by atomic mass is 19.1. The second-order valence-electron chi connectivity index (χ2n) is 12.8. The first-order chi connectivity index (χ1) is 18.3. The number of fused-ring (bicyclic) bond motifs is 1. The summed E-state index contributed by atoms with van der Waals surface area (Å²) < 4.78 is 27.2. The van der Waals surface area contributed by atoms with Gasteiger partial charge in [-0.1, -0.05) is 53.7 Å². The van der Waals surface area contributed by atoms with E-state index >= 15 is 0 Å². The summed E-state index contributed by atoms with van der Waals surface area (Å²) in [5.41, 5.74) is 4.04. The number of hydrogen-bond donors (Lipinski definition) is 2. The standard InChI is InChI=1S/C30H38F2N4O4/c1-18(34-24(37)14-19-12-20(31)15-21(32)13-19)25(38)30(33)26(39)35(16-28(2,3)4)22-10-8-9-11-23(22)36(27(30)40)17-29(5,6)7/h8-13,15,18H,14,16-17,33H2,1-7H3,(H,34,37)/t18-/m0/s1. The van der Waals surface area contributed by atoms with Crippen LogP contribution in [0.15, 0.2) is 42.5 Å². The van der Waals surface area contributed by atoms with Crippen molar-refractivity contribution in [2.75, 3.05) is 22.9 Å². The third kappa shape index (κ3) is 6.72. The van der Waals surface area contributed by atoms with Crippen LogP contribution in [0.3, 0.4) is 0 Å². The van der Waals surface area contributed by atoms with Crippen LogP contribution in [-0.2, 0) is 25.6 Å². The van der Waals surface area contributed by atoms with Crippen molar-refractivity contribution in [1.29, 1.82) is 0 Å². The number of Topliss-reactive ketones (excluding diaryl/α,β-unsaturated/α-hetero) is 1. The maximum Gasteiger partial charge on any atom is 0.264 e. The van der Waals surface area contributed by atoms with Gasteiger partial charge in [0, 0.05) is 19.2 Å². The van der Waals surface area contributed by atoms with Gasteiger partial charge in [-0.3, -0.25) is 19.2 Å². The number of nitrogens with one attached hydrogen (secondary N) is 1. The summed E-state index contributed by atoms with van der Waals surface area (Å²) in [6, 6.07) is 8.23. The minimum atomic E-state index is -2.65. The number of rotatable bonds is 7. The minimum Gasteiger partial charge on any atom is -0.346 e. The van der Waals surface area contributed by atoms with Gasteiger partial charge in [0.2, 0.25) is 11.4 Å². The highest BCUT2D eigenvalue weighted by Crippen LogP contribution is 2.39. The van der Waals surface area contributed by atoms with Crippen molar-refractivity contribution in [3.8, 4) is 0 Å². The predicted molar refractivity (Wildman–Crippen MR) is 150 cm³/mol. The van der Waals surface area contributed by atoms with E-state index in [9.17, 15) is 28.0 Å². The molecule has 1 aliphatic rings. The molecule has 3 rings (SSSR count). The van der Waals surface area contributed by atoms with E-state index in [4.69, 9.17) is 5.73 Å². The Balaban J connectivity index is 2.03. The summed E-state index contributed by atoms with van der Waals surface area (Å²) in [6.07, 6.45) is -0.427. The van der Waals surface area contributed by atoms with Gasteiger partial charge in [-0.2, -0.15) is 0 Å². The average molecular weight is 557 g/mol. The molecule has 2 aromatic rings. The molecule has 1 atom stereocenters. The maximum atomic E-state index is 14.2. The molecule has 0 aromatic heterocycles. The third-order valence-corrected chi connectivity index (χ3v) is 6.34. The van der Waals surface area contributed by atoms with Gasteiger partial charge in [0.25, 0.3) is 11.8 Å². The Labute approximate surface area is 233 Å². The normalized spacial score (nSPS) is 16.4. The van der Waals surface area contributed by atoms with Gasteiger partial charge in [-0.15, -0.1) is 0 Å². The highest BCUT2D eigenvalue weighted by molar-refractivity contribution is 6.37. The first-order valence-corrected chi connectivity index (χ1v) is 13.1. The van der Waals surface area contributed by atoms with E-state index in [0.29, 0.717) is 17.4 Å². The van der Waals surface area contributed by atoms with E-state index in [0.717, 1.165) is 12.1 Å². The molecule has 1 heterocycles. The van der Waals surface area contributed by atoms with Crippen molar-refractivity contribution < 1.29 is 28.0 Å². The van der Waals surface area contributed by atoms with Crippen molar-refractivity contribution in [1.82, 2.24) is 5.32 Å². The molecular formula is C30H38F2N4O4. The first kappa shape index (κ1) is 30.9. The van der Waals surface area contributed by atoms with E-state index in [2.05, 4.69) is 5.32 Å². The molecule has 0 spiro atoms. The van der Waals surface area contributed by atoms with E-state index in [1.54, 1.807) is 24.3 Å². The molecule has 0 saturated carbocycles. The molecule has 0 radical (unpaired) electrons. The quantitative estimate of drug-likeness (QED) is 0.505. The van der Waals surface area contributed by atoms with E-state index in [1.807, 2.05) is 41.5 Å². The van der Waals surface area contributed by atoms with Crippen LogP contribution in [0.2, 0.25) is 0 Å². The number of halogens is 2. The molecule has 1 aliphatic heterocycles. The van der Waals surface area contributed by atoms with Gasteiger partial charge >= 0.3 is 0 Å². The number of benzene rings is 2. The number of carbonyl (C=O) groups excluding carboxylic acids is 4. The second kappa shape index (κ2) is 11.1. The van der Waals surface area contributed by atoms with E-state index < -0.39 is 64.0 Å². The molecule has 10 heteroatoms. The molecule has 40 heavy (non-hydrogen) atoms. The van der Waals surface area contributed by atoms with Crippen LogP contribution < -0.4 is 20.9 Å². The summed E-state index contributed by atoms with van der Waals surface area (Å²) in [7, 11) is 0. The summed E-state index contributed by atoms with van der Waals surface area (Å²) in [4.78, 5) is 57.7. The van der Waals surface area contributed by atoms with Crippen LogP contribution in [0.25, 0.3) is 0 Å². The minimum absolute atomic E-state index is 0.0573. The number of para-hydroxylation sites is 2. The van der Waals surface area contributed by atoms with Crippen molar-refractivity contribution in [3.05, 3.63) is 59.7 Å². The van der Waals surface area contributed by atoms with E-state index in [1.165, 1.54) is 16.7 Å². The van der Waals surface area contributed by atoms with Gasteiger partial charge < -0.3 is 20.9 Å². The Morgan fingerprint density at radius 2 is 1.30 bits per heavy atom. The van der Waals surface area contributed by atoms with Crippen LogP contribution in [0.1, 0.15) is 54.0 Å². The van der Waals surface area contributed by atoms with Gasteiger partial charge in [-0.05, 0) is 47.6 Å². The predicted octanol–water partition coefficient (Wildman–Crippen LogP) is 3.75. The zero-order valence-electron chi connectivity index (χ0n) is 24.1. The molecule has 2 aromatic carbocycles. The fourth-order valence-corrected chi connectivity index (χ4v) is 4.73. The van der Waals surface area contributed by atoms with Gasteiger partial charge in [0.1, 0.15) is 11.6 Å². The van der Waals surface area contributed by atoms with Crippen molar-refractivity contribution in [3.63, 3.8) is 0 Å². The summed E-state index contributed by atoms with van der Waals surface area (Å²) in [5.74, 6) is -5.21. The van der Waals surface area contributed by atoms with Crippen molar-refractivity contribution >= 4 is 34.9 Å². The monoisotopic (exact) mass is 556 g/mol. The molecule has 0 fully saturated rings. The SMILES string of the molecule is C[C@H](NC(=O)Cc1cc(F)cc(F)c1)C(=O)C1(N)C(=O)N(CC(C)(C)C)c2ccccc2N(CC(C)(C)C)C1=O. The lowest BCUT2D eigenvalue weighted by Gasteiger charge is -2.35. The molecule has 3 amide bonds. The van der Waals surface area contributed by atoms with Crippen LogP contribution in [0, 0.1) is 22.5 Å².